The summed E-state index contributed by atoms with van der Waals surface area (Å²) in [6, 6.07) is 10.5. The minimum absolute atomic E-state index is 0.716. The van der Waals surface area contributed by atoms with Crippen LogP contribution in [0.25, 0.3) is 16.5 Å². The fraction of sp³-hybridized carbons (Fsp3) is 0.389. The molecule has 3 heteroatoms. The summed E-state index contributed by atoms with van der Waals surface area (Å²) in [5.74, 6) is 0. The van der Waals surface area contributed by atoms with Gasteiger partial charge in [-0.25, -0.2) is 4.98 Å². The van der Waals surface area contributed by atoms with Crippen molar-refractivity contribution in [1.82, 2.24) is 4.98 Å². The van der Waals surface area contributed by atoms with Gasteiger partial charge in [0.2, 0.25) is 0 Å². The van der Waals surface area contributed by atoms with E-state index in [1.54, 1.807) is 0 Å². The number of para-hydroxylation sites is 1. The zero-order chi connectivity index (χ0) is 14.5. The maximum Gasteiger partial charge on any atom is 0.0730 e. The number of allylic oxidation sites excluding steroid dienone is 2. The fourth-order valence-corrected chi connectivity index (χ4v) is 2.88. The first kappa shape index (κ1) is 14.1. The van der Waals surface area contributed by atoms with Crippen molar-refractivity contribution in [3.63, 3.8) is 0 Å². The third-order valence-electron chi connectivity index (χ3n) is 4.03. The van der Waals surface area contributed by atoms with Crippen LogP contribution in [0.3, 0.4) is 0 Å². The quantitative estimate of drug-likeness (QED) is 0.816. The standard InChI is InChI=1S/C18H23N3/c19-11-6-12-20-18-13-17(14-7-2-1-3-8-14)21-16-10-5-4-9-15(16)18/h4-5,7,9-10,13H,1-3,6,8,11-12,19H2,(H,20,21). The molecule has 0 unspecified atom stereocenters. The zero-order valence-electron chi connectivity index (χ0n) is 12.4. The van der Waals surface area contributed by atoms with E-state index in [0.717, 1.165) is 30.6 Å². The third-order valence-corrected chi connectivity index (χ3v) is 4.03. The number of benzene rings is 1. The van der Waals surface area contributed by atoms with Gasteiger partial charge in [-0.3, -0.25) is 0 Å². The highest BCUT2D eigenvalue weighted by Gasteiger charge is 2.11. The molecule has 1 aromatic carbocycles. The number of anilines is 1. The van der Waals surface area contributed by atoms with Crippen LogP contribution in [0, 0.1) is 0 Å². The molecule has 0 aliphatic heterocycles. The number of nitrogens with one attached hydrogen (secondary N) is 1. The molecule has 0 atom stereocenters. The molecule has 3 rings (SSSR count). The first-order valence-electron chi connectivity index (χ1n) is 7.91. The van der Waals surface area contributed by atoms with E-state index in [2.05, 4.69) is 41.7 Å². The molecule has 0 saturated carbocycles. The minimum Gasteiger partial charge on any atom is -0.384 e. The van der Waals surface area contributed by atoms with E-state index in [1.807, 2.05) is 0 Å². The molecule has 3 N–H and O–H groups in total. The fourth-order valence-electron chi connectivity index (χ4n) is 2.88. The van der Waals surface area contributed by atoms with Crippen molar-refractivity contribution in [1.29, 1.82) is 0 Å². The second-order valence-corrected chi connectivity index (χ2v) is 5.62. The van der Waals surface area contributed by atoms with E-state index in [-0.39, 0.29) is 0 Å². The van der Waals surface area contributed by atoms with Crippen LogP contribution in [-0.4, -0.2) is 18.1 Å². The average molecular weight is 281 g/mol. The summed E-state index contributed by atoms with van der Waals surface area (Å²) in [6.45, 7) is 1.62. The van der Waals surface area contributed by atoms with Gasteiger partial charge in [-0.05, 0) is 56.4 Å². The molecule has 1 heterocycles. The zero-order valence-corrected chi connectivity index (χ0v) is 12.4. The van der Waals surface area contributed by atoms with Crippen LogP contribution in [0.1, 0.15) is 37.8 Å². The summed E-state index contributed by atoms with van der Waals surface area (Å²) in [7, 11) is 0. The van der Waals surface area contributed by atoms with Gasteiger partial charge in [-0.15, -0.1) is 0 Å². The van der Waals surface area contributed by atoms with E-state index in [4.69, 9.17) is 10.7 Å². The van der Waals surface area contributed by atoms with Crippen molar-refractivity contribution < 1.29 is 0 Å². The van der Waals surface area contributed by atoms with Crippen LogP contribution < -0.4 is 11.1 Å². The number of rotatable bonds is 5. The minimum atomic E-state index is 0.716. The first-order chi connectivity index (χ1) is 10.4. The van der Waals surface area contributed by atoms with Crippen LogP contribution in [0.5, 0.6) is 0 Å². The van der Waals surface area contributed by atoms with E-state index in [1.165, 1.54) is 35.9 Å². The van der Waals surface area contributed by atoms with E-state index in [0.29, 0.717) is 6.54 Å². The summed E-state index contributed by atoms with van der Waals surface area (Å²) in [4.78, 5) is 4.85. The molecule has 1 aliphatic rings. The van der Waals surface area contributed by atoms with Crippen LogP contribution >= 0.6 is 0 Å². The molecule has 0 bridgehead atoms. The lowest BCUT2D eigenvalue weighted by molar-refractivity contribution is 0.740. The topological polar surface area (TPSA) is 50.9 Å². The lowest BCUT2D eigenvalue weighted by Gasteiger charge is -2.16. The Hall–Kier alpha value is -1.87. The second kappa shape index (κ2) is 6.72. The van der Waals surface area contributed by atoms with Crippen molar-refractivity contribution >= 4 is 22.2 Å². The highest BCUT2D eigenvalue weighted by atomic mass is 14.9. The molecule has 0 fully saturated rings. The van der Waals surface area contributed by atoms with Gasteiger partial charge in [-0.2, -0.15) is 0 Å². The molecule has 21 heavy (non-hydrogen) atoms. The molecule has 0 saturated heterocycles. The summed E-state index contributed by atoms with van der Waals surface area (Å²) in [5, 5.41) is 4.71. The number of nitrogens with zero attached hydrogens (tertiary/aromatic N) is 1. The maximum atomic E-state index is 5.59. The van der Waals surface area contributed by atoms with Gasteiger partial charge in [-0.1, -0.05) is 24.3 Å². The molecule has 0 spiro atoms. The number of hydrogen-bond donors (Lipinski definition) is 2. The summed E-state index contributed by atoms with van der Waals surface area (Å²) in [5.41, 5.74) is 10.4. The van der Waals surface area contributed by atoms with Crippen molar-refractivity contribution in [3.8, 4) is 0 Å². The number of aromatic nitrogens is 1. The Morgan fingerprint density at radius 3 is 2.90 bits per heavy atom. The van der Waals surface area contributed by atoms with Crippen LogP contribution in [-0.2, 0) is 0 Å². The van der Waals surface area contributed by atoms with Gasteiger partial charge < -0.3 is 11.1 Å². The van der Waals surface area contributed by atoms with Gasteiger partial charge in [0.25, 0.3) is 0 Å². The summed E-state index contributed by atoms with van der Waals surface area (Å²) < 4.78 is 0. The van der Waals surface area contributed by atoms with Gasteiger partial charge in [0.15, 0.2) is 0 Å². The van der Waals surface area contributed by atoms with E-state index in [9.17, 15) is 0 Å². The second-order valence-electron chi connectivity index (χ2n) is 5.62. The smallest absolute Gasteiger partial charge is 0.0730 e. The molecule has 1 aliphatic carbocycles. The molecule has 0 radical (unpaired) electrons. The monoisotopic (exact) mass is 281 g/mol. The molecule has 1 aromatic heterocycles. The summed E-state index contributed by atoms with van der Waals surface area (Å²) in [6.07, 6.45) is 8.24. The molecule has 110 valence electrons. The van der Waals surface area contributed by atoms with Gasteiger partial charge >= 0.3 is 0 Å². The Morgan fingerprint density at radius 1 is 1.19 bits per heavy atom. The SMILES string of the molecule is NCCCNc1cc(C2=CCCCC2)nc2ccccc12. The Labute approximate surface area is 126 Å². The number of fused-ring (bicyclic) bond motifs is 1. The first-order valence-corrected chi connectivity index (χ1v) is 7.91. The van der Waals surface area contributed by atoms with Crippen molar-refractivity contribution in [2.75, 3.05) is 18.4 Å². The Bertz CT molecular complexity index is 646. The number of nitrogens with two attached hydrogens (primary N) is 1. The van der Waals surface area contributed by atoms with Crippen LogP contribution in [0.15, 0.2) is 36.4 Å². The molecule has 0 amide bonds. The molecular formula is C18H23N3. The maximum absolute atomic E-state index is 5.59. The molecule has 3 nitrogen and oxygen atoms in total. The predicted molar refractivity (Wildman–Crippen MR) is 90.3 cm³/mol. The Kier molecular flexibility index (Phi) is 4.51. The molecule has 2 aromatic rings. The van der Waals surface area contributed by atoms with Gasteiger partial charge in [0.1, 0.15) is 0 Å². The van der Waals surface area contributed by atoms with Crippen LogP contribution in [0.2, 0.25) is 0 Å². The normalized spacial score (nSPS) is 15.0. The average Bonchev–Trinajstić information content (AvgIpc) is 2.55. The van der Waals surface area contributed by atoms with E-state index < -0.39 is 0 Å². The highest BCUT2D eigenvalue weighted by Crippen LogP contribution is 2.30. The van der Waals surface area contributed by atoms with Gasteiger partial charge in [0.05, 0.1) is 11.2 Å². The van der Waals surface area contributed by atoms with Crippen molar-refractivity contribution in [2.24, 2.45) is 5.73 Å². The number of hydrogen-bond acceptors (Lipinski definition) is 3. The lowest BCUT2D eigenvalue weighted by atomic mass is 9.96. The van der Waals surface area contributed by atoms with Crippen LogP contribution in [0.4, 0.5) is 5.69 Å². The Morgan fingerprint density at radius 2 is 2.10 bits per heavy atom. The Balaban J connectivity index is 1.99. The van der Waals surface area contributed by atoms with Gasteiger partial charge in [0, 0.05) is 17.6 Å². The van der Waals surface area contributed by atoms with E-state index >= 15 is 0 Å². The van der Waals surface area contributed by atoms with Crippen molar-refractivity contribution in [2.45, 2.75) is 32.1 Å². The number of pyridine rings is 1. The van der Waals surface area contributed by atoms with Crippen molar-refractivity contribution in [3.05, 3.63) is 42.1 Å². The summed E-state index contributed by atoms with van der Waals surface area (Å²) >= 11 is 0. The molecular weight excluding hydrogens is 258 g/mol. The largest absolute Gasteiger partial charge is 0.384 e. The highest BCUT2D eigenvalue weighted by molar-refractivity contribution is 5.93. The lowest BCUT2D eigenvalue weighted by Crippen LogP contribution is -2.09. The predicted octanol–water partition coefficient (Wildman–Crippen LogP) is 3.95. The third kappa shape index (κ3) is 3.24.